The van der Waals surface area contributed by atoms with Crippen LogP contribution in [-0.4, -0.2) is 30.8 Å². The van der Waals surface area contributed by atoms with Crippen LogP contribution in [0.5, 0.6) is 0 Å². The number of benzene rings is 2. The lowest BCUT2D eigenvalue weighted by Crippen LogP contribution is -1.97. The van der Waals surface area contributed by atoms with Gasteiger partial charge in [-0.3, -0.25) is 5.10 Å². The van der Waals surface area contributed by atoms with E-state index in [1.807, 2.05) is 54.2 Å². The van der Waals surface area contributed by atoms with Crippen LogP contribution in [-0.2, 0) is 11.8 Å². The van der Waals surface area contributed by atoms with Gasteiger partial charge in [0.15, 0.2) is 5.82 Å². The summed E-state index contributed by atoms with van der Waals surface area (Å²) >= 11 is 6.90. The van der Waals surface area contributed by atoms with E-state index < -0.39 is 5.97 Å². The van der Waals surface area contributed by atoms with E-state index in [1.165, 1.54) is 0 Å². The number of carbonyl (C=O) groups is 1. The number of aromatic amines is 1. The SMILES string of the molecule is Cn1cc(/C=C(\Sc2n[nH]c(-c3ccc(Cl)cc3)n2)C(=O)O)c2ccccc21. The summed E-state index contributed by atoms with van der Waals surface area (Å²) in [7, 11) is 1.93. The van der Waals surface area contributed by atoms with Gasteiger partial charge in [0.05, 0.1) is 0 Å². The number of hydrogen-bond donors (Lipinski definition) is 2. The monoisotopic (exact) mass is 410 g/mol. The number of nitrogens with one attached hydrogen (secondary N) is 1. The number of aromatic nitrogens is 4. The summed E-state index contributed by atoms with van der Waals surface area (Å²) in [5.74, 6) is -0.482. The van der Waals surface area contributed by atoms with Gasteiger partial charge in [0.1, 0.15) is 4.91 Å². The first kappa shape index (κ1) is 18.3. The minimum absolute atomic E-state index is 0.137. The normalized spacial score (nSPS) is 11.9. The number of carboxylic acids is 1. The zero-order valence-corrected chi connectivity index (χ0v) is 16.3. The predicted octanol–water partition coefficient (Wildman–Crippen LogP) is 4.83. The van der Waals surface area contributed by atoms with Crippen LogP contribution in [0.15, 0.2) is 64.8 Å². The van der Waals surface area contributed by atoms with Crippen LogP contribution in [0.4, 0.5) is 0 Å². The van der Waals surface area contributed by atoms with E-state index in [0.717, 1.165) is 33.8 Å². The molecule has 0 atom stereocenters. The van der Waals surface area contributed by atoms with E-state index in [-0.39, 0.29) is 4.91 Å². The second-order valence-electron chi connectivity index (χ2n) is 6.10. The van der Waals surface area contributed by atoms with Crippen molar-refractivity contribution in [2.24, 2.45) is 7.05 Å². The van der Waals surface area contributed by atoms with Crippen molar-refractivity contribution >= 4 is 46.3 Å². The van der Waals surface area contributed by atoms with E-state index in [0.29, 0.717) is 16.0 Å². The summed E-state index contributed by atoms with van der Waals surface area (Å²) in [6.07, 6.45) is 3.55. The highest BCUT2D eigenvalue weighted by molar-refractivity contribution is 8.04. The van der Waals surface area contributed by atoms with Crippen molar-refractivity contribution < 1.29 is 9.90 Å². The molecule has 6 nitrogen and oxygen atoms in total. The van der Waals surface area contributed by atoms with E-state index in [2.05, 4.69) is 15.2 Å². The number of aliphatic carboxylic acids is 1. The Bertz CT molecular complexity index is 1190. The molecule has 0 saturated carbocycles. The standard InChI is InChI=1S/C20H15ClN4O2S/c1-25-11-13(15-4-2-3-5-16(15)25)10-17(19(26)27)28-20-22-18(23-24-20)12-6-8-14(21)9-7-12/h2-11H,1H3,(H,26,27)(H,22,23,24)/b17-10-. The Hall–Kier alpha value is -3.03. The first-order valence-electron chi connectivity index (χ1n) is 8.36. The zero-order chi connectivity index (χ0) is 19.7. The number of rotatable bonds is 5. The number of nitrogens with zero attached hydrogens (tertiary/aromatic N) is 3. The molecule has 0 amide bonds. The molecule has 0 bridgehead atoms. The maximum atomic E-state index is 11.8. The molecule has 2 aromatic heterocycles. The molecule has 28 heavy (non-hydrogen) atoms. The maximum absolute atomic E-state index is 11.8. The van der Waals surface area contributed by atoms with E-state index in [1.54, 1.807) is 18.2 Å². The summed E-state index contributed by atoms with van der Waals surface area (Å²) < 4.78 is 1.97. The van der Waals surface area contributed by atoms with Crippen molar-refractivity contribution in [1.29, 1.82) is 0 Å². The molecular weight excluding hydrogens is 396 g/mol. The number of hydrogen-bond acceptors (Lipinski definition) is 4. The molecule has 2 heterocycles. The lowest BCUT2D eigenvalue weighted by atomic mass is 10.1. The third kappa shape index (κ3) is 3.67. The lowest BCUT2D eigenvalue weighted by molar-refractivity contribution is -0.131. The number of halogens is 1. The third-order valence-corrected chi connectivity index (χ3v) is 5.34. The van der Waals surface area contributed by atoms with Gasteiger partial charge in [-0.2, -0.15) is 0 Å². The number of carboxylic acid groups (broad SMARTS) is 1. The fourth-order valence-corrected chi connectivity index (χ4v) is 3.72. The summed E-state index contributed by atoms with van der Waals surface area (Å²) in [6, 6.07) is 15.0. The second kappa shape index (κ2) is 7.53. The molecule has 4 rings (SSSR count). The molecule has 0 fully saturated rings. The number of thioether (sulfide) groups is 1. The fourth-order valence-electron chi connectivity index (χ4n) is 2.89. The number of para-hydroxylation sites is 1. The molecule has 8 heteroatoms. The topological polar surface area (TPSA) is 83.8 Å². The van der Waals surface area contributed by atoms with Gasteiger partial charge in [-0.25, -0.2) is 9.78 Å². The van der Waals surface area contributed by atoms with Gasteiger partial charge in [0.2, 0.25) is 5.16 Å². The molecule has 4 aromatic rings. The van der Waals surface area contributed by atoms with Gasteiger partial charge in [-0.05, 0) is 48.2 Å². The molecule has 0 aliphatic rings. The Morgan fingerprint density at radius 2 is 1.96 bits per heavy atom. The molecule has 0 unspecified atom stereocenters. The Balaban J connectivity index is 1.65. The smallest absolute Gasteiger partial charge is 0.342 e. The Morgan fingerprint density at radius 1 is 1.21 bits per heavy atom. The molecule has 0 radical (unpaired) electrons. The highest BCUT2D eigenvalue weighted by Gasteiger charge is 2.16. The molecule has 0 aliphatic carbocycles. The predicted molar refractivity (Wildman–Crippen MR) is 111 cm³/mol. The molecule has 0 saturated heterocycles. The van der Waals surface area contributed by atoms with Crippen LogP contribution in [0.25, 0.3) is 28.4 Å². The first-order valence-corrected chi connectivity index (χ1v) is 9.56. The van der Waals surface area contributed by atoms with Gasteiger partial charge in [0, 0.05) is 40.3 Å². The maximum Gasteiger partial charge on any atom is 0.342 e. The van der Waals surface area contributed by atoms with E-state index in [4.69, 9.17) is 11.6 Å². The minimum Gasteiger partial charge on any atom is -0.477 e. The van der Waals surface area contributed by atoms with Gasteiger partial charge in [0.25, 0.3) is 0 Å². The molecular formula is C20H15ClN4O2S. The van der Waals surface area contributed by atoms with Crippen LogP contribution in [0.1, 0.15) is 5.56 Å². The van der Waals surface area contributed by atoms with E-state index in [9.17, 15) is 9.90 Å². The average Bonchev–Trinajstić information content (AvgIpc) is 3.27. The third-order valence-electron chi connectivity index (χ3n) is 4.21. The van der Waals surface area contributed by atoms with Gasteiger partial charge in [-0.1, -0.05) is 29.8 Å². The van der Waals surface area contributed by atoms with Crippen LogP contribution in [0.3, 0.4) is 0 Å². The van der Waals surface area contributed by atoms with Crippen LogP contribution < -0.4 is 0 Å². The summed E-state index contributed by atoms with van der Waals surface area (Å²) in [6.45, 7) is 0. The van der Waals surface area contributed by atoms with Crippen molar-refractivity contribution in [2.45, 2.75) is 5.16 Å². The Morgan fingerprint density at radius 3 is 2.71 bits per heavy atom. The van der Waals surface area contributed by atoms with Crippen LogP contribution >= 0.6 is 23.4 Å². The first-order chi connectivity index (χ1) is 13.5. The minimum atomic E-state index is -1.03. The van der Waals surface area contributed by atoms with E-state index >= 15 is 0 Å². The number of H-pyrrole nitrogens is 1. The summed E-state index contributed by atoms with van der Waals surface area (Å²) in [5.41, 5.74) is 2.68. The quantitative estimate of drug-likeness (QED) is 0.363. The molecule has 0 aliphatic heterocycles. The Kier molecular flexibility index (Phi) is 4.93. The molecule has 2 N–H and O–H groups in total. The van der Waals surface area contributed by atoms with Crippen LogP contribution in [0, 0.1) is 0 Å². The zero-order valence-electron chi connectivity index (χ0n) is 14.8. The van der Waals surface area contributed by atoms with Crippen molar-refractivity contribution in [3.05, 3.63) is 70.2 Å². The number of aryl methyl sites for hydroxylation is 1. The largest absolute Gasteiger partial charge is 0.477 e. The van der Waals surface area contributed by atoms with Crippen molar-refractivity contribution in [3.63, 3.8) is 0 Å². The molecule has 140 valence electrons. The lowest BCUT2D eigenvalue weighted by Gasteiger charge is -1.99. The second-order valence-corrected chi connectivity index (χ2v) is 7.55. The van der Waals surface area contributed by atoms with Crippen molar-refractivity contribution in [3.8, 4) is 11.4 Å². The van der Waals surface area contributed by atoms with Crippen molar-refractivity contribution in [1.82, 2.24) is 19.7 Å². The Labute approximate surface area is 169 Å². The van der Waals surface area contributed by atoms with Gasteiger partial charge >= 0.3 is 5.97 Å². The fraction of sp³-hybridized carbons (Fsp3) is 0.0500. The summed E-state index contributed by atoms with van der Waals surface area (Å²) in [5, 5.41) is 18.6. The van der Waals surface area contributed by atoms with Gasteiger partial charge < -0.3 is 9.67 Å². The van der Waals surface area contributed by atoms with Crippen molar-refractivity contribution in [2.75, 3.05) is 0 Å². The highest BCUT2D eigenvalue weighted by atomic mass is 35.5. The van der Waals surface area contributed by atoms with Gasteiger partial charge in [-0.15, -0.1) is 5.10 Å². The highest BCUT2D eigenvalue weighted by Crippen LogP contribution is 2.30. The molecule has 2 aromatic carbocycles. The number of fused-ring (bicyclic) bond motifs is 1. The van der Waals surface area contributed by atoms with Crippen LogP contribution in [0.2, 0.25) is 5.02 Å². The average molecular weight is 411 g/mol. The summed E-state index contributed by atoms with van der Waals surface area (Å²) in [4.78, 5) is 16.3. The molecule has 0 spiro atoms.